The number of rotatable bonds is 5. The van der Waals surface area contributed by atoms with Crippen molar-refractivity contribution < 1.29 is 4.79 Å². The van der Waals surface area contributed by atoms with Crippen LogP contribution >= 0.6 is 0 Å². The normalized spacial score (nSPS) is 17.6. The summed E-state index contributed by atoms with van der Waals surface area (Å²) < 4.78 is 2.22. The minimum absolute atomic E-state index is 0.0803. The van der Waals surface area contributed by atoms with Crippen molar-refractivity contribution in [1.29, 1.82) is 0 Å². The first kappa shape index (κ1) is 22.0. The highest BCUT2D eigenvalue weighted by Gasteiger charge is 2.21. The van der Waals surface area contributed by atoms with E-state index in [2.05, 4.69) is 51.0 Å². The number of carbonyl (C=O) groups is 1. The van der Waals surface area contributed by atoms with Gasteiger partial charge in [0.1, 0.15) is 11.3 Å². The monoisotopic (exact) mass is 446 g/mol. The number of nitrogens with zero attached hydrogens (tertiary/aromatic N) is 5. The minimum Gasteiger partial charge on any atom is -0.348 e. The molecule has 2 aliphatic heterocycles. The predicted molar refractivity (Wildman–Crippen MR) is 130 cm³/mol. The predicted octanol–water partition coefficient (Wildman–Crippen LogP) is 3.14. The third-order valence-corrected chi connectivity index (χ3v) is 6.88. The number of hydrogen-bond donors (Lipinski definition) is 1. The number of fused-ring (bicyclic) bond motifs is 3. The van der Waals surface area contributed by atoms with E-state index in [1.807, 2.05) is 13.0 Å². The topological polar surface area (TPSA) is 66.3 Å². The number of aromatic nitrogens is 3. The van der Waals surface area contributed by atoms with Crippen LogP contribution in [0.5, 0.6) is 0 Å². The maximum atomic E-state index is 13.2. The van der Waals surface area contributed by atoms with Crippen molar-refractivity contribution >= 4 is 17.1 Å². The molecular weight excluding hydrogens is 412 g/mol. The number of imidazole rings is 1. The van der Waals surface area contributed by atoms with Crippen molar-refractivity contribution in [3.05, 3.63) is 58.5 Å². The molecule has 1 N–H and O–H groups in total. The number of piperazine rings is 1. The lowest BCUT2D eigenvalue weighted by Gasteiger charge is -2.32. The van der Waals surface area contributed by atoms with Gasteiger partial charge in [0.15, 0.2) is 5.65 Å². The molecule has 174 valence electrons. The number of carbonyl (C=O) groups excluding carboxylic acids is 1. The maximum Gasteiger partial charge on any atom is 0.253 e. The van der Waals surface area contributed by atoms with Gasteiger partial charge in [-0.2, -0.15) is 0 Å². The maximum absolute atomic E-state index is 13.2. The fraction of sp³-hybridized carbons (Fsp3) is 0.500. The third kappa shape index (κ3) is 4.94. The SMILES string of the molecule is Cc1cc(C(=O)NCc2cccc(CN3CCN(C)CC3)c2)c2nc3n(c2n1)CCCCC3. The largest absolute Gasteiger partial charge is 0.348 e. The van der Waals surface area contributed by atoms with Gasteiger partial charge in [-0.25, -0.2) is 9.97 Å². The summed E-state index contributed by atoms with van der Waals surface area (Å²) in [6, 6.07) is 10.4. The molecule has 1 amide bonds. The van der Waals surface area contributed by atoms with Crippen LogP contribution in [0.15, 0.2) is 30.3 Å². The molecule has 0 atom stereocenters. The minimum atomic E-state index is -0.0803. The van der Waals surface area contributed by atoms with Crippen molar-refractivity contribution in [2.24, 2.45) is 0 Å². The van der Waals surface area contributed by atoms with Gasteiger partial charge in [0.25, 0.3) is 5.91 Å². The zero-order valence-corrected chi connectivity index (χ0v) is 19.8. The number of nitrogens with one attached hydrogen (secondary N) is 1. The van der Waals surface area contributed by atoms with Gasteiger partial charge in [0.2, 0.25) is 0 Å². The Morgan fingerprint density at radius 1 is 1.00 bits per heavy atom. The molecule has 1 saturated heterocycles. The van der Waals surface area contributed by atoms with Crippen molar-refractivity contribution in [2.75, 3.05) is 33.2 Å². The first-order valence-corrected chi connectivity index (χ1v) is 12.2. The van der Waals surface area contributed by atoms with Crippen LogP contribution in [0.1, 0.15) is 52.3 Å². The Hall–Kier alpha value is -2.77. The quantitative estimate of drug-likeness (QED) is 0.652. The van der Waals surface area contributed by atoms with Crippen LogP contribution < -0.4 is 5.32 Å². The van der Waals surface area contributed by atoms with Gasteiger partial charge >= 0.3 is 0 Å². The molecule has 0 bridgehead atoms. The zero-order chi connectivity index (χ0) is 22.8. The standard InChI is InChI=1S/C26H34N6O/c1-19-15-22(24-25(28-19)32-10-5-3-4-9-23(32)29-24)26(33)27-17-20-7-6-8-21(16-20)18-31-13-11-30(2)12-14-31/h6-8,15-16H,3-5,9-14,17-18H2,1-2H3,(H,27,33). The van der Waals surface area contributed by atoms with Gasteiger partial charge in [-0.05, 0) is 44.0 Å². The second-order valence-corrected chi connectivity index (χ2v) is 9.56. The molecule has 1 fully saturated rings. The lowest BCUT2D eigenvalue weighted by atomic mass is 10.1. The fourth-order valence-electron chi connectivity index (χ4n) is 4.97. The van der Waals surface area contributed by atoms with E-state index >= 15 is 0 Å². The van der Waals surface area contributed by atoms with Crippen molar-refractivity contribution in [2.45, 2.75) is 52.2 Å². The highest BCUT2D eigenvalue weighted by Crippen LogP contribution is 2.24. The third-order valence-electron chi connectivity index (χ3n) is 6.88. The Morgan fingerprint density at radius 3 is 2.67 bits per heavy atom. The summed E-state index contributed by atoms with van der Waals surface area (Å²) in [6.45, 7) is 8.79. The van der Waals surface area contributed by atoms with Gasteiger partial charge in [0, 0.05) is 57.9 Å². The van der Waals surface area contributed by atoms with E-state index in [-0.39, 0.29) is 5.91 Å². The van der Waals surface area contributed by atoms with E-state index in [9.17, 15) is 4.79 Å². The molecule has 7 heteroatoms. The molecule has 2 aromatic heterocycles. The lowest BCUT2D eigenvalue weighted by Crippen LogP contribution is -2.43. The second-order valence-electron chi connectivity index (χ2n) is 9.56. The summed E-state index contributed by atoms with van der Waals surface area (Å²) >= 11 is 0. The number of amides is 1. The van der Waals surface area contributed by atoms with E-state index < -0.39 is 0 Å². The average Bonchev–Trinajstić information content (AvgIpc) is 2.99. The molecule has 1 aromatic carbocycles. The van der Waals surface area contributed by atoms with E-state index in [0.29, 0.717) is 12.1 Å². The molecule has 0 spiro atoms. The second kappa shape index (κ2) is 9.61. The van der Waals surface area contributed by atoms with Crippen LogP contribution in [-0.2, 0) is 26.1 Å². The lowest BCUT2D eigenvalue weighted by molar-refractivity contribution is 0.0952. The van der Waals surface area contributed by atoms with Crippen molar-refractivity contribution in [3.63, 3.8) is 0 Å². The summed E-state index contributed by atoms with van der Waals surface area (Å²) in [5, 5.41) is 3.13. The van der Waals surface area contributed by atoms with Gasteiger partial charge in [-0.3, -0.25) is 9.69 Å². The van der Waals surface area contributed by atoms with Crippen LogP contribution in [0.25, 0.3) is 11.2 Å². The molecule has 3 aromatic rings. The Morgan fingerprint density at radius 2 is 1.82 bits per heavy atom. The fourth-order valence-corrected chi connectivity index (χ4v) is 4.97. The van der Waals surface area contributed by atoms with E-state index in [1.165, 1.54) is 12.0 Å². The van der Waals surface area contributed by atoms with Crippen LogP contribution in [0, 0.1) is 6.92 Å². The molecule has 0 saturated carbocycles. The van der Waals surface area contributed by atoms with Crippen LogP contribution in [0.2, 0.25) is 0 Å². The van der Waals surface area contributed by atoms with E-state index in [0.717, 1.165) is 86.8 Å². The van der Waals surface area contributed by atoms with Crippen molar-refractivity contribution in [3.8, 4) is 0 Å². The molecule has 4 heterocycles. The summed E-state index contributed by atoms with van der Waals surface area (Å²) in [6.07, 6.45) is 4.46. The molecule has 0 unspecified atom stereocenters. The molecule has 0 radical (unpaired) electrons. The van der Waals surface area contributed by atoms with Gasteiger partial charge in [0.05, 0.1) is 5.56 Å². The zero-order valence-electron chi connectivity index (χ0n) is 19.8. The van der Waals surface area contributed by atoms with E-state index in [4.69, 9.17) is 9.97 Å². The first-order valence-electron chi connectivity index (χ1n) is 12.2. The summed E-state index contributed by atoms with van der Waals surface area (Å²) in [4.78, 5) is 27.6. The Bertz CT molecular complexity index is 1150. The Labute approximate surface area is 195 Å². The number of likely N-dealkylation sites (N-methyl/N-ethyl adjacent to an activating group) is 1. The summed E-state index contributed by atoms with van der Waals surface area (Å²) in [5.41, 5.74) is 5.49. The van der Waals surface area contributed by atoms with Crippen LogP contribution in [0.3, 0.4) is 0 Å². The number of pyridine rings is 1. The number of benzene rings is 1. The highest BCUT2D eigenvalue weighted by atomic mass is 16.1. The summed E-state index contributed by atoms with van der Waals surface area (Å²) in [5.74, 6) is 0.981. The van der Waals surface area contributed by atoms with Crippen LogP contribution in [0.4, 0.5) is 0 Å². The Balaban J connectivity index is 1.29. The Kier molecular flexibility index (Phi) is 6.42. The smallest absolute Gasteiger partial charge is 0.253 e. The average molecular weight is 447 g/mol. The summed E-state index contributed by atoms with van der Waals surface area (Å²) in [7, 11) is 2.18. The van der Waals surface area contributed by atoms with Crippen molar-refractivity contribution in [1.82, 2.24) is 29.7 Å². The molecule has 33 heavy (non-hydrogen) atoms. The highest BCUT2D eigenvalue weighted by molar-refractivity contribution is 6.04. The van der Waals surface area contributed by atoms with Gasteiger partial charge in [-0.15, -0.1) is 0 Å². The van der Waals surface area contributed by atoms with Crippen LogP contribution in [-0.4, -0.2) is 63.5 Å². The molecule has 2 aliphatic rings. The van der Waals surface area contributed by atoms with Gasteiger partial charge in [-0.1, -0.05) is 30.7 Å². The molecule has 5 rings (SSSR count). The van der Waals surface area contributed by atoms with E-state index in [1.54, 1.807) is 0 Å². The molecule has 0 aliphatic carbocycles. The van der Waals surface area contributed by atoms with Gasteiger partial charge < -0.3 is 14.8 Å². The number of aryl methyl sites for hydroxylation is 3. The number of hydrogen-bond acceptors (Lipinski definition) is 5. The first-order chi connectivity index (χ1) is 16.1. The molecule has 7 nitrogen and oxygen atoms in total. The molecular formula is C26H34N6O.